The summed E-state index contributed by atoms with van der Waals surface area (Å²) in [6.45, 7) is 1.87. The average molecular weight is 251 g/mol. The first-order valence-electron chi connectivity index (χ1n) is 5.20. The number of phenols is 1. The highest BCUT2D eigenvalue weighted by Gasteiger charge is 2.19. The lowest BCUT2D eigenvalue weighted by molar-refractivity contribution is 0.0520. The number of phenolic OH excluding ortho intramolecular Hbond substituents is 1. The number of aromatic nitrogens is 3. The summed E-state index contributed by atoms with van der Waals surface area (Å²) in [5.74, 6) is -1.92. The van der Waals surface area contributed by atoms with Crippen molar-refractivity contribution in [3.63, 3.8) is 0 Å². The maximum Gasteiger partial charge on any atom is 0.361 e. The first-order chi connectivity index (χ1) is 8.63. The first-order valence-corrected chi connectivity index (χ1v) is 5.20. The van der Waals surface area contributed by atoms with Crippen molar-refractivity contribution in [2.45, 2.75) is 6.92 Å². The van der Waals surface area contributed by atoms with Crippen LogP contribution in [-0.4, -0.2) is 33.1 Å². The lowest BCUT2D eigenvalue weighted by Gasteiger charge is -2.02. The number of carbonyl (C=O) groups is 1. The second kappa shape index (κ2) is 4.82. The average Bonchev–Trinajstić information content (AvgIpc) is 2.82. The van der Waals surface area contributed by atoms with Crippen molar-refractivity contribution < 1.29 is 19.0 Å². The van der Waals surface area contributed by atoms with Gasteiger partial charge in [0.25, 0.3) is 0 Å². The summed E-state index contributed by atoms with van der Waals surface area (Å²) in [6, 6.07) is 3.67. The van der Waals surface area contributed by atoms with E-state index < -0.39 is 17.5 Å². The number of aromatic amines is 1. The van der Waals surface area contributed by atoms with E-state index in [-0.39, 0.29) is 18.0 Å². The second-order valence-corrected chi connectivity index (χ2v) is 3.41. The van der Waals surface area contributed by atoms with Crippen LogP contribution in [0.4, 0.5) is 4.39 Å². The van der Waals surface area contributed by atoms with Gasteiger partial charge in [0.05, 0.1) is 6.61 Å². The highest BCUT2D eigenvalue weighted by atomic mass is 19.1. The molecule has 0 fully saturated rings. The van der Waals surface area contributed by atoms with Crippen LogP contribution in [0.5, 0.6) is 5.75 Å². The van der Waals surface area contributed by atoms with E-state index in [0.717, 1.165) is 6.07 Å². The van der Waals surface area contributed by atoms with Gasteiger partial charge in [-0.25, -0.2) is 9.18 Å². The molecule has 0 aliphatic heterocycles. The molecule has 2 aromatic rings. The molecule has 0 saturated heterocycles. The lowest BCUT2D eigenvalue weighted by Crippen LogP contribution is -2.06. The van der Waals surface area contributed by atoms with E-state index in [1.165, 1.54) is 12.1 Å². The van der Waals surface area contributed by atoms with Gasteiger partial charge in [-0.2, -0.15) is 10.3 Å². The van der Waals surface area contributed by atoms with Crippen molar-refractivity contribution in [2.75, 3.05) is 6.61 Å². The van der Waals surface area contributed by atoms with Crippen LogP contribution in [0.25, 0.3) is 11.3 Å². The van der Waals surface area contributed by atoms with Gasteiger partial charge in [0.1, 0.15) is 5.69 Å². The third-order valence-electron chi connectivity index (χ3n) is 2.24. The Morgan fingerprint density at radius 1 is 1.50 bits per heavy atom. The minimum absolute atomic E-state index is 0.0260. The number of ether oxygens (including phenoxy) is 1. The van der Waals surface area contributed by atoms with Crippen molar-refractivity contribution >= 4 is 5.97 Å². The van der Waals surface area contributed by atoms with Crippen LogP contribution < -0.4 is 0 Å². The zero-order chi connectivity index (χ0) is 13.1. The van der Waals surface area contributed by atoms with Gasteiger partial charge < -0.3 is 9.84 Å². The van der Waals surface area contributed by atoms with Gasteiger partial charge in [0.2, 0.25) is 0 Å². The van der Waals surface area contributed by atoms with Crippen molar-refractivity contribution in [2.24, 2.45) is 0 Å². The number of H-pyrrole nitrogens is 1. The summed E-state index contributed by atoms with van der Waals surface area (Å²) >= 11 is 0. The summed E-state index contributed by atoms with van der Waals surface area (Å²) in [5, 5.41) is 18.8. The Bertz CT molecular complexity index is 583. The predicted octanol–water partition coefficient (Wildman–Crippen LogP) is 1.49. The molecule has 6 nitrogen and oxygen atoms in total. The third kappa shape index (κ3) is 2.15. The van der Waals surface area contributed by atoms with Crippen molar-refractivity contribution in [1.29, 1.82) is 0 Å². The number of nitrogens with one attached hydrogen (secondary N) is 1. The minimum atomic E-state index is -0.801. The number of carbonyl (C=O) groups excluding carboxylic acids is 1. The molecule has 1 heterocycles. The molecule has 94 valence electrons. The Hall–Kier alpha value is -2.44. The molecule has 0 aliphatic carbocycles. The summed E-state index contributed by atoms with van der Waals surface area (Å²) < 4.78 is 18.0. The van der Waals surface area contributed by atoms with E-state index in [9.17, 15) is 9.18 Å². The van der Waals surface area contributed by atoms with Gasteiger partial charge in [0.15, 0.2) is 17.3 Å². The van der Waals surface area contributed by atoms with Gasteiger partial charge in [-0.05, 0) is 25.1 Å². The number of rotatable bonds is 3. The van der Waals surface area contributed by atoms with E-state index in [1.807, 2.05) is 0 Å². The molecule has 2 rings (SSSR count). The molecule has 0 saturated carbocycles. The number of esters is 1. The Labute approximate surface area is 101 Å². The smallest absolute Gasteiger partial charge is 0.361 e. The molecule has 7 heteroatoms. The standard InChI is InChI=1S/C11H10FN3O3/c1-2-18-11(17)10-9(13-15-14-10)6-3-4-8(16)7(12)5-6/h3-5,16H,2H2,1H3,(H,13,14,15). The molecule has 1 aromatic carbocycles. The molecular weight excluding hydrogens is 241 g/mol. The molecule has 1 aromatic heterocycles. The lowest BCUT2D eigenvalue weighted by atomic mass is 10.1. The summed E-state index contributed by atoms with van der Waals surface area (Å²) in [6.07, 6.45) is 0. The van der Waals surface area contributed by atoms with Gasteiger partial charge in [-0.3, -0.25) is 0 Å². The largest absolute Gasteiger partial charge is 0.505 e. The zero-order valence-corrected chi connectivity index (χ0v) is 9.48. The van der Waals surface area contributed by atoms with Gasteiger partial charge in [0, 0.05) is 5.56 Å². The summed E-state index contributed by atoms with van der Waals surface area (Å²) in [4.78, 5) is 11.6. The Morgan fingerprint density at radius 2 is 2.28 bits per heavy atom. The van der Waals surface area contributed by atoms with E-state index >= 15 is 0 Å². The van der Waals surface area contributed by atoms with Gasteiger partial charge in [-0.15, -0.1) is 5.10 Å². The molecule has 0 atom stereocenters. The number of nitrogens with zero attached hydrogens (tertiary/aromatic N) is 2. The van der Waals surface area contributed by atoms with Crippen LogP contribution in [0, 0.1) is 5.82 Å². The highest BCUT2D eigenvalue weighted by Crippen LogP contribution is 2.25. The molecular formula is C11H10FN3O3. The van der Waals surface area contributed by atoms with Crippen LogP contribution in [0.1, 0.15) is 17.4 Å². The van der Waals surface area contributed by atoms with Gasteiger partial charge >= 0.3 is 5.97 Å². The number of halogens is 1. The Morgan fingerprint density at radius 3 is 2.94 bits per heavy atom. The fourth-order valence-corrected chi connectivity index (χ4v) is 1.43. The van der Waals surface area contributed by atoms with Gasteiger partial charge in [-0.1, -0.05) is 0 Å². The number of aromatic hydroxyl groups is 1. The molecule has 18 heavy (non-hydrogen) atoms. The third-order valence-corrected chi connectivity index (χ3v) is 2.24. The minimum Gasteiger partial charge on any atom is -0.505 e. The zero-order valence-electron chi connectivity index (χ0n) is 9.48. The van der Waals surface area contributed by atoms with E-state index in [0.29, 0.717) is 5.56 Å². The molecule has 2 N–H and O–H groups in total. The van der Waals surface area contributed by atoms with Crippen molar-refractivity contribution in [3.8, 4) is 17.0 Å². The quantitative estimate of drug-likeness (QED) is 0.807. The van der Waals surface area contributed by atoms with Crippen molar-refractivity contribution in [1.82, 2.24) is 15.4 Å². The fraction of sp³-hybridized carbons (Fsp3) is 0.182. The van der Waals surface area contributed by atoms with E-state index in [2.05, 4.69) is 15.4 Å². The van der Waals surface area contributed by atoms with Crippen molar-refractivity contribution in [3.05, 3.63) is 29.7 Å². The monoisotopic (exact) mass is 251 g/mol. The molecule has 0 amide bonds. The second-order valence-electron chi connectivity index (χ2n) is 3.41. The molecule has 0 radical (unpaired) electrons. The molecule has 0 spiro atoms. The number of hydrogen-bond acceptors (Lipinski definition) is 5. The normalized spacial score (nSPS) is 10.3. The molecule has 0 aliphatic rings. The van der Waals surface area contributed by atoms with Crippen LogP contribution in [0.3, 0.4) is 0 Å². The Kier molecular flexibility index (Phi) is 3.22. The number of hydrogen-bond donors (Lipinski definition) is 2. The maximum absolute atomic E-state index is 13.2. The van der Waals surface area contributed by atoms with Crippen LogP contribution in [0.2, 0.25) is 0 Å². The van der Waals surface area contributed by atoms with Crippen LogP contribution in [-0.2, 0) is 4.74 Å². The molecule has 0 unspecified atom stereocenters. The molecule has 0 bridgehead atoms. The topological polar surface area (TPSA) is 88.1 Å². The van der Waals surface area contributed by atoms with Crippen LogP contribution in [0.15, 0.2) is 18.2 Å². The number of benzene rings is 1. The SMILES string of the molecule is CCOC(=O)c1n[nH]nc1-c1ccc(O)c(F)c1. The van der Waals surface area contributed by atoms with E-state index in [1.54, 1.807) is 6.92 Å². The Balaban J connectivity index is 2.42. The fourth-order valence-electron chi connectivity index (χ4n) is 1.43. The summed E-state index contributed by atoms with van der Waals surface area (Å²) in [7, 11) is 0. The maximum atomic E-state index is 13.2. The van der Waals surface area contributed by atoms with E-state index in [4.69, 9.17) is 9.84 Å². The summed E-state index contributed by atoms with van der Waals surface area (Å²) in [5.41, 5.74) is 0.469. The predicted molar refractivity (Wildman–Crippen MR) is 59.4 cm³/mol. The first kappa shape index (κ1) is 12.0. The highest BCUT2D eigenvalue weighted by molar-refractivity contribution is 5.93. The van der Waals surface area contributed by atoms with Crippen LogP contribution >= 0.6 is 0 Å².